The summed E-state index contributed by atoms with van der Waals surface area (Å²) in [5.41, 5.74) is 13.3. The summed E-state index contributed by atoms with van der Waals surface area (Å²) in [6.45, 7) is 14.2. The van der Waals surface area contributed by atoms with Crippen molar-refractivity contribution in [3.63, 3.8) is 0 Å². The van der Waals surface area contributed by atoms with Gasteiger partial charge in [-0.05, 0) is 88.4 Å². The molecule has 12 atom stereocenters. The van der Waals surface area contributed by atoms with Crippen molar-refractivity contribution in [2.45, 2.75) is 162 Å². The molecule has 8 unspecified atom stereocenters. The number of nitrogens with one attached hydrogen (secondary N) is 4. The van der Waals surface area contributed by atoms with Crippen LogP contribution in [0.4, 0.5) is 0 Å². The molecule has 0 aromatic heterocycles. The molecule has 386 valence electrons. The summed E-state index contributed by atoms with van der Waals surface area (Å²) in [4.78, 5) is 59.4. The highest BCUT2D eigenvalue weighted by molar-refractivity contribution is 8.00. The summed E-state index contributed by atoms with van der Waals surface area (Å²) in [5, 5.41) is 12.7. The van der Waals surface area contributed by atoms with Gasteiger partial charge >= 0.3 is 0 Å². The van der Waals surface area contributed by atoms with Gasteiger partial charge in [0.05, 0.1) is 46.0 Å². The summed E-state index contributed by atoms with van der Waals surface area (Å²) < 4.78 is 13.0. The zero-order valence-corrected chi connectivity index (χ0v) is 45.6. The monoisotopic (exact) mass is 1040 g/mol. The largest absolute Gasteiger partial charge is 0.381 e. The summed E-state index contributed by atoms with van der Waals surface area (Å²) >= 11 is 15.0. The molecule has 4 fully saturated rings. The first-order chi connectivity index (χ1) is 33.3. The maximum atomic E-state index is 14.4. The molecule has 4 aliphatic heterocycles. The van der Waals surface area contributed by atoms with Crippen molar-refractivity contribution in [1.29, 1.82) is 0 Å². The van der Waals surface area contributed by atoms with Crippen LogP contribution in [0.3, 0.4) is 0 Å². The highest BCUT2D eigenvalue weighted by Crippen LogP contribution is 2.52. The first-order valence-corrected chi connectivity index (χ1v) is 27.7. The molecular formula is C52H78N8O6S4. The molecule has 14 nitrogen and oxygen atoms in total. The Morgan fingerprint density at radius 1 is 0.657 bits per heavy atom. The number of nitrogens with zero attached hydrogens (tertiary/aromatic N) is 2. The highest BCUT2D eigenvalue weighted by Gasteiger charge is 2.57. The Bertz CT molecular complexity index is 1970. The number of primary amides is 2. The van der Waals surface area contributed by atoms with Gasteiger partial charge in [-0.1, -0.05) is 126 Å². The number of thioether (sulfide) groups is 2. The Kier molecular flexibility index (Phi) is 20.0. The third-order valence-electron chi connectivity index (χ3n) is 14.9. The maximum absolute atomic E-state index is 14.4. The van der Waals surface area contributed by atoms with E-state index in [9.17, 15) is 19.2 Å². The third kappa shape index (κ3) is 13.4. The van der Waals surface area contributed by atoms with Gasteiger partial charge in [0.25, 0.3) is 0 Å². The Morgan fingerprint density at radius 2 is 1.01 bits per heavy atom. The van der Waals surface area contributed by atoms with Crippen LogP contribution in [-0.2, 0) is 28.7 Å². The van der Waals surface area contributed by atoms with Crippen LogP contribution >= 0.6 is 48.0 Å². The van der Waals surface area contributed by atoms with E-state index < -0.39 is 46.8 Å². The predicted octanol–water partition coefficient (Wildman–Crippen LogP) is 5.82. The van der Waals surface area contributed by atoms with Crippen molar-refractivity contribution in [3.05, 3.63) is 71.8 Å². The van der Waals surface area contributed by atoms with E-state index in [4.69, 9.17) is 45.4 Å². The molecule has 8 N–H and O–H groups in total. The van der Waals surface area contributed by atoms with Crippen LogP contribution in [0.5, 0.6) is 0 Å². The average Bonchev–Trinajstić information content (AvgIpc) is 3.67. The molecule has 4 saturated heterocycles. The number of carbonyl (C=O) groups excluding carboxylic acids is 4. The number of carbonyl (C=O) groups is 4. The molecule has 0 saturated carbocycles. The zero-order chi connectivity index (χ0) is 50.9. The fourth-order valence-corrected chi connectivity index (χ4v) is 15.3. The van der Waals surface area contributed by atoms with E-state index in [1.807, 2.05) is 92.0 Å². The van der Waals surface area contributed by atoms with E-state index in [0.717, 1.165) is 36.8 Å². The number of hydrogen-bond acceptors (Lipinski definition) is 12. The Morgan fingerprint density at radius 3 is 1.34 bits per heavy atom. The summed E-state index contributed by atoms with van der Waals surface area (Å²) in [7, 11) is 3.67. The molecule has 0 spiro atoms. The van der Waals surface area contributed by atoms with E-state index in [0.29, 0.717) is 62.1 Å². The van der Waals surface area contributed by atoms with Crippen LogP contribution in [-0.4, -0.2) is 141 Å². The van der Waals surface area contributed by atoms with Crippen LogP contribution in [0.15, 0.2) is 60.7 Å². The topological polar surface area (TPSA) is 193 Å². The number of benzene rings is 2. The third-order valence-corrected chi connectivity index (χ3v) is 19.0. The van der Waals surface area contributed by atoms with Crippen molar-refractivity contribution in [3.8, 4) is 0 Å². The number of hydrogen-bond donors (Lipinski definition) is 6. The van der Waals surface area contributed by atoms with Crippen molar-refractivity contribution >= 4 is 81.6 Å². The number of thiocarbonyl (C=S) groups is 2. The first-order valence-electron chi connectivity index (χ1n) is 25.0. The number of fused-ring (bicyclic) bond motifs is 2. The lowest BCUT2D eigenvalue weighted by atomic mass is 9.84. The second-order valence-electron chi connectivity index (χ2n) is 21.0. The normalized spacial score (nSPS) is 27.8. The molecule has 0 aliphatic carbocycles. The molecule has 0 bridgehead atoms. The molecular weight excluding hydrogens is 961 g/mol. The van der Waals surface area contributed by atoms with Crippen molar-refractivity contribution in [2.75, 3.05) is 40.5 Å². The Hall–Kier alpha value is -3.36. The van der Waals surface area contributed by atoms with Crippen LogP contribution in [0.2, 0.25) is 0 Å². The highest BCUT2D eigenvalue weighted by atomic mass is 32.2. The smallest absolute Gasteiger partial charge is 0.246 e. The number of nitrogens with two attached hydrogens (primary N) is 2. The minimum absolute atomic E-state index is 0.0135. The molecule has 2 aromatic carbocycles. The van der Waals surface area contributed by atoms with E-state index in [2.05, 4.69) is 45.5 Å². The van der Waals surface area contributed by atoms with Gasteiger partial charge in [0.2, 0.25) is 23.6 Å². The molecule has 4 amide bonds. The maximum Gasteiger partial charge on any atom is 0.246 e. The second-order valence-corrected chi connectivity index (χ2v) is 24.7. The zero-order valence-electron chi connectivity index (χ0n) is 42.3. The van der Waals surface area contributed by atoms with Gasteiger partial charge in [-0.25, -0.2) is 0 Å². The Labute approximate surface area is 435 Å². The van der Waals surface area contributed by atoms with E-state index in [-0.39, 0.29) is 57.0 Å². The first kappa shape index (κ1) is 55.9. The standard InChI is InChI=1S/C52H78N8O6S4/c1-31(55-7)47(67)57-37-25-39(69-41-27-51(3,4)43(45(53)61)59(41)49(37)63)35(33-19-13-11-14-20-33)29-65-23-17-9-10-18-24-66-30-36(34-21-15-12-16-22-34)40-26-38(58-48(68)32(2)56-8)50(64)60-42(70-40)28-52(5,6)44(60)46(54)62/h11-16,19-22,31-32,35-44,55-56H,9-10,17-18,23-30H2,1-8H3,(H2,53,61)(H2,54,62)(H,57,67)(H,58,68)/t31-,32-,35+,36+,37?,38?,39?,40?,41?,42?,43?,44?/m0/s1. The van der Waals surface area contributed by atoms with Crippen LogP contribution in [0.25, 0.3) is 0 Å². The van der Waals surface area contributed by atoms with E-state index in [1.54, 1.807) is 33.3 Å². The molecule has 4 aliphatic rings. The molecule has 2 aromatic rings. The number of rotatable bonds is 23. The number of ether oxygens (including phenoxy) is 2. The fourth-order valence-electron chi connectivity index (χ4n) is 10.8. The molecule has 6 rings (SSSR count). The lowest BCUT2D eigenvalue weighted by Crippen LogP contribution is -2.57. The minimum atomic E-state index is -0.720. The van der Waals surface area contributed by atoms with Crippen LogP contribution < -0.4 is 32.7 Å². The van der Waals surface area contributed by atoms with Gasteiger partial charge in [0.15, 0.2) is 0 Å². The number of amides is 4. The quantitative estimate of drug-likeness (QED) is 0.0576. The van der Waals surface area contributed by atoms with Crippen molar-refractivity contribution < 1.29 is 28.7 Å². The van der Waals surface area contributed by atoms with Crippen molar-refractivity contribution in [2.24, 2.45) is 22.3 Å². The van der Waals surface area contributed by atoms with Gasteiger partial charge in [-0.15, -0.1) is 23.5 Å². The van der Waals surface area contributed by atoms with Gasteiger partial charge in [-0.3, -0.25) is 19.2 Å². The lowest BCUT2D eigenvalue weighted by Gasteiger charge is -2.33. The molecule has 70 heavy (non-hydrogen) atoms. The van der Waals surface area contributed by atoms with E-state index >= 15 is 0 Å². The van der Waals surface area contributed by atoms with Gasteiger partial charge < -0.3 is 52.0 Å². The van der Waals surface area contributed by atoms with E-state index in [1.165, 1.54) is 0 Å². The lowest BCUT2D eigenvalue weighted by molar-refractivity contribution is -0.141. The predicted molar refractivity (Wildman–Crippen MR) is 291 cm³/mol. The SMILES string of the molecule is CN[C@@H](C)C(=S)NC1CC([C@H](COCCCCCCOC[C@H](c2ccccc2)C2CC(NC(=S)[C@H](C)NC)C(=O)N3C(CC(C)(C)C3C(N)=O)S2)c2ccccc2)SC2CC(C)(C)C(C(N)=O)N2C1=O. The average molecular weight is 1040 g/mol. The molecule has 18 heteroatoms. The summed E-state index contributed by atoms with van der Waals surface area (Å²) in [6, 6.07) is 17.8. The van der Waals surface area contributed by atoms with Crippen LogP contribution in [0.1, 0.15) is 116 Å². The minimum Gasteiger partial charge on any atom is -0.381 e. The fraction of sp³-hybridized carbons (Fsp3) is 0.654. The van der Waals surface area contributed by atoms with Gasteiger partial charge in [0.1, 0.15) is 24.2 Å². The Balaban J connectivity index is 1.06. The van der Waals surface area contributed by atoms with Gasteiger partial charge in [-0.2, -0.15) is 0 Å². The number of unbranched alkanes of at least 4 members (excludes halogenated alkanes) is 3. The molecule has 4 heterocycles. The second kappa shape index (κ2) is 25.0. The van der Waals surface area contributed by atoms with Crippen molar-refractivity contribution in [1.82, 2.24) is 31.1 Å². The van der Waals surface area contributed by atoms with Crippen LogP contribution in [0, 0.1) is 10.8 Å². The molecule has 0 radical (unpaired) electrons. The van der Waals surface area contributed by atoms with Gasteiger partial charge in [0, 0.05) is 35.5 Å². The summed E-state index contributed by atoms with van der Waals surface area (Å²) in [5.74, 6) is -1.29. The summed E-state index contributed by atoms with van der Waals surface area (Å²) in [6.07, 6.45) is 6.08. The number of likely N-dealkylation sites (N-methyl/N-ethyl adjacent to an activating group) is 2.